The molecule has 4 fully saturated rings. The van der Waals surface area contributed by atoms with Gasteiger partial charge in [0.25, 0.3) is 0 Å². The minimum absolute atomic E-state index is 0.162. The van der Waals surface area contributed by atoms with Gasteiger partial charge in [0, 0.05) is 30.8 Å². The summed E-state index contributed by atoms with van der Waals surface area (Å²) in [4.78, 5) is 29.6. The molecule has 5 nitrogen and oxygen atoms in total. The molecular formula is C17H27N3O2S. The molecule has 23 heavy (non-hydrogen) atoms. The molecule has 0 aromatic heterocycles. The van der Waals surface area contributed by atoms with E-state index >= 15 is 0 Å². The Morgan fingerprint density at radius 2 is 1.78 bits per heavy atom. The lowest BCUT2D eigenvalue weighted by molar-refractivity contribution is -0.145. The highest BCUT2D eigenvalue weighted by atomic mass is 32.2. The van der Waals surface area contributed by atoms with Crippen LogP contribution >= 0.6 is 11.8 Å². The van der Waals surface area contributed by atoms with E-state index in [1.807, 2.05) is 9.80 Å². The number of carbonyl (C=O) groups excluding carboxylic acids is 2. The first-order valence-electron chi connectivity index (χ1n) is 9.07. The van der Waals surface area contributed by atoms with Crippen molar-refractivity contribution in [2.75, 3.05) is 24.7 Å². The van der Waals surface area contributed by atoms with Crippen LogP contribution in [0.1, 0.15) is 38.5 Å². The number of fused-ring (bicyclic) bond motifs is 1. The Morgan fingerprint density at radius 1 is 1.00 bits per heavy atom. The summed E-state index contributed by atoms with van der Waals surface area (Å²) in [5.41, 5.74) is 6.19. The van der Waals surface area contributed by atoms with Crippen molar-refractivity contribution in [1.82, 2.24) is 9.80 Å². The summed E-state index contributed by atoms with van der Waals surface area (Å²) in [5.74, 6) is 3.07. The second-order valence-electron chi connectivity index (χ2n) is 7.71. The fraction of sp³-hybridized carbons (Fsp3) is 0.882. The van der Waals surface area contributed by atoms with E-state index in [1.54, 1.807) is 11.8 Å². The molecule has 4 aliphatic rings. The van der Waals surface area contributed by atoms with Crippen molar-refractivity contribution >= 4 is 23.6 Å². The highest BCUT2D eigenvalue weighted by Crippen LogP contribution is 2.38. The number of carbonyl (C=O) groups is 2. The van der Waals surface area contributed by atoms with Gasteiger partial charge in [-0.25, -0.2) is 0 Å². The molecule has 4 unspecified atom stereocenters. The number of thioether (sulfide) groups is 1. The predicted molar refractivity (Wildman–Crippen MR) is 90.7 cm³/mol. The summed E-state index contributed by atoms with van der Waals surface area (Å²) >= 11 is 1.72. The molecule has 2 aliphatic heterocycles. The third kappa shape index (κ3) is 2.78. The molecule has 2 saturated heterocycles. The van der Waals surface area contributed by atoms with Crippen LogP contribution in [-0.2, 0) is 9.59 Å². The largest absolute Gasteiger partial charge is 0.340 e. The van der Waals surface area contributed by atoms with Crippen LogP contribution in [0.3, 0.4) is 0 Å². The summed E-state index contributed by atoms with van der Waals surface area (Å²) in [7, 11) is 0. The van der Waals surface area contributed by atoms with Crippen LogP contribution < -0.4 is 5.73 Å². The number of nitrogens with zero attached hydrogens (tertiary/aromatic N) is 2. The summed E-state index contributed by atoms with van der Waals surface area (Å²) in [6.07, 6.45) is 6.57. The Kier molecular flexibility index (Phi) is 4.30. The zero-order valence-corrected chi connectivity index (χ0v) is 14.5. The minimum atomic E-state index is -0.233. The second kappa shape index (κ2) is 6.28. The van der Waals surface area contributed by atoms with E-state index in [9.17, 15) is 9.59 Å². The maximum absolute atomic E-state index is 13.0. The second-order valence-corrected chi connectivity index (χ2v) is 8.71. The summed E-state index contributed by atoms with van der Waals surface area (Å²) in [6, 6.07) is 0.0233. The highest BCUT2D eigenvalue weighted by molar-refractivity contribution is 7.99. The topological polar surface area (TPSA) is 66.6 Å². The Labute approximate surface area is 142 Å². The molecule has 2 amide bonds. The summed E-state index contributed by atoms with van der Waals surface area (Å²) < 4.78 is 0. The Morgan fingerprint density at radius 3 is 2.52 bits per heavy atom. The molecule has 2 heterocycles. The molecule has 0 radical (unpaired) electrons. The summed E-state index contributed by atoms with van der Waals surface area (Å²) in [5, 5.41) is 0. The van der Waals surface area contributed by atoms with Gasteiger partial charge in [0.2, 0.25) is 11.8 Å². The van der Waals surface area contributed by atoms with Crippen LogP contribution in [0.2, 0.25) is 0 Å². The first-order valence-corrected chi connectivity index (χ1v) is 10.2. The SMILES string of the molecule is NC1CCC2CN(C(=O)C3CSCN3C(=O)C3CCCC3)CC12. The van der Waals surface area contributed by atoms with Gasteiger partial charge in [-0.1, -0.05) is 12.8 Å². The monoisotopic (exact) mass is 337 g/mol. The minimum Gasteiger partial charge on any atom is -0.340 e. The van der Waals surface area contributed by atoms with E-state index in [2.05, 4.69) is 0 Å². The number of nitrogens with two attached hydrogens (primary N) is 1. The first kappa shape index (κ1) is 15.8. The average Bonchev–Trinajstić information content (AvgIpc) is 3.32. The lowest BCUT2D eigenvalue weighted by Crippen LogP contribution is -2.50. The van der Waals surface area contributed by atoms with E-state index in [4.69, 9.17) is 5.73 Å². The molecule has 0 aromatic rings. The number of hydrogen-bond donors (Lipinski definition) is 1. The van der Waals surface area contributed by atoms with Crippen LogP contribution in [-0.4, -0.2) is 58.4 Å². The van der Waals surface area contributed by atoms with Gasteiger partial charge in [-0.05, 0) is 37.5 Å². The van der Waals surface area contributed by atoms with Crippen molar-refractivity contribution < 1.29 is 9.59 Å². The zero-order valence-electron chi connectivity index (χ0n) is 13.7. The molecule has 4 atom stereocenters. The molecule has 2 N–H and O–H groups in total. The standard InChI is InChI=1S/C17H27N3O2S/c18-14-6-5-12-7-19(8-13(12)14)17(22)15-9-23-10-20(15)16(21)11-3-1-2-4-11/h11-15H,1-10,18H2. The maximum atomic E-state index is 13.0. The molecule has 2 aliphatic carbocycles. The van der Waals surface area contributed by atoms with E-state index in [0.29, 0.717) is 17.7 Å². The summed E-state index contributed by atoms with van der Waals surface area (Å²) in [6.45, 7) is 1.65. The number of rotatable bonds is 2. The van der Waals surface area contributed by atoms with Gasteiger partial charge in [0.05, 0.1) is 5.88 Å². The molecule has 2 saturated carbocycles. The van der Waals surface area contributed by atoms with E-state index < -0.39 is 0 Å². The third-order valence-electron chi connectivity index (χ3n) is 6.38. The van der Waals surface area contributed by atoms with Gasteiger partial charge < -0.3 is 15.5 Å². The molecule has 6 heteroatoms. The quantitative estimate of drug-likeness (QED) is 0.824. The molecule has 0 bridgehead atoms. The van der Waals surface area contributed by atoms with Crippen LogP contribution in [0.4, 0.5) is 0 Å². The van der Waals surface area contributed by atoms with Gasteiger partial charge in [0.1, 0.15) is 6.04 Å². The van der Waals surface area contributed by atoms with Crippen LogP contribution in [0.15, 0.2) is 0 Å². The number of amides is 2. The fourth-order valence-electron chi connectivity index (χ4n) is 4.97. The van der Waals surface area contributed by atoms with Gasteiger partial charge in [0.15, 0.2) is 0 Å². The van der Waals surface area contributed by atoms with Crippen molar-refractivity contribution in [3.63, 3.8) is 0 Å². The Hall–Kier alpha value is -0.750. The molecular weight excluding hydrogens is 310 g/mol. The van der Waals surface area contributed by atoms with E-state index in [0.717, 1.165) is 57.4 Å². The normalized spacial score (nSPS) is 37.6. The first-order chi connectivity index (χ1) is 11.1. The lowest BCUT2D eigenvalue weighted by Gasteiger charge is -2.29. The van der Waals surface area contributed by atoms with E-state index in [-0.39, 0.29) is 29.8 Å². The Balaban J connectivity index is 1.42. The predicted octanol–water partition coefficient (Wildman–Crippen LogP) is 1.27. The van der Waals surface area contributed by atoms with Crippen LogP contribution in [0, 0.1) is 17.8 Å². The van der Waals surface area contributed by atoms with Crippen molar-refractivity contribution in [3.8, 4) is 0 Å². The van der Waals surface area contributed by atoms with Crippen LogP contribution in [0.25, 0.3) is 0 Å². The molecule has 4 rings (SSSR count). The zero-order chi connectivity index (χ0) is 16.0. The number of hydrogen-bond acceptors (Lipinski definition) is 4. The van der Waals surface area contributed by atoms with Crippen molar-refractivity contribution in [3.05, 3.63) is 0 Å². The van der Waals surface area contributed by atoms with Crippen molar-refractivity contribution in [2.24, 2.45) is 23.5 Å². The molecule has 0 aromatic carbocycles. The van der Waals surface area contributed by atoms with Gasteiger partial charge in [-0.2, -0.15) is 0 Å². The smallest absolute Gasteiger partial charge is 0.246 e. The fourth-order valence-corrected chi connectivity index (χ4v) is 6.12. The Bertz CT molecular complexity index is 494. The average molecular weight is 337 g/mol. The van der Waals surface area contributed by atoms with Crippen LogP contribution in [0.5, 0.6) is 0 Å². The lowest BCUT2D eigenvalue weighted by atomic mass is 9.98. The highest BCUT2D eigenvalue weighted by Gasteiger charge is 2.46. The molecule has 128 valence electrons. The van der Waals surface area contributed by atoms with Crippen molar-refractivity contribution in [2.45, 2.75) is 50.6 Å². The molecule has 0 spiro atoms. The van der Waals surface area contributed by atoms with Gasteiger partial charge in [-0.15, -0.1) is 11.8 Å². The van der Waals surface area contributed by atoms with Crippen molar-refractivity contribution in [1.29, 1.82) is 0 Å². The van der Waals surface area contributed by atoms with E-state index in [1.165, 1.54) is 0 Å². The maximum Gasteiger partial charge on any atom is 0.246 e. The van der Waals surface area contributed by atoms with Gasteiger partial charge >= 0.3 is 0 Å². The van der Waals surface area contributed by atoms with Gasteiger partial charge in [-0.3, -0.25) is 9.59 Å². The number of likely N-dealkylation sites (tertiary alicyclic amines) is 1. The third-order valence-corrected chi connectivity index (χ3v) is 7.39.